The molecule has 1 aromatic heterocycles. The molecule has 0 aliphatic carbocycles. The molecule has 0 fully saturated rings. The average Bonchev–Trinajstić information content (AvgIpc) is 2.30. The zero-order valence-electron chi connectivity index (χ0n) is 9.03. The van der Waals surface area contributed by atoms with Crippen LogP contribution in [0.5, 0.6) is 5.75 Å². The SMILES string of the molecule is CC/C=C/c1c(O)c(=O)[nH]c2ccccc12. The Morgan fingerprint density at radius 2 is 2.12 bits per heavy atom. The molecule has 3 heteroatoms. The standard InChI is InChI=1S/C13H13NO2/c1-2-3-6-10-9-7-4-5-8-11(9)14-13(16)12(10)15/h3-8,15H,2H2,1H3,(H,14,16)/b6-3+. The van der Waals surface area contributed by atoms with Crippen molar-refractivity contribution in [2.24, 2.45) is 0 Å². The maximum Gasteiger partial charge on any atom is 0.291 e. The first-order valence-corrected chi connectivity index (χ1v) is 5.24. The third kappa shape index (κ3) is 1.72. The molecular formula is C13H13NO2. The van der Waals surface area contributed by atoms with Crippen molar-refractivity contribution in [1.29, 1.82) is 0 Å². The minimum atomic E-state index is -0.450. The smallest absolute Gasteiger partial charge is 0.291 e. The topological polar surface area (TPSA) is 53.1 Å². The van der Waals surface area contributed by atoms with Gasteiger partial charge in [0.15, 0.2) is 5.75 Å². The van der Waals surface area contributed by atoms with Crippen molar-refractivity contribution in [3.8, 4) is 5.75 Å². The molecule has 0 aliphatic rings. The normalized spacial score (nSPS) is 11.3. The zero-order chi connectivity index (χ0) is 11.5. The molecule has 2 aromatic rings. The number of rotatable bonds is 2. The number of para-hydroxylation sites is 1. The lowest BCUT2D eigenvalue weighted by Crippen LogP contribution is -2.06. The van der Waals surface area contributed by atoms with Crippen molar-refractivity contribution in [3.05, 3.63) is 46.3 Å². The quantitative estimate of drug-likeness (QED) is 0.809. The van der Waals surface area contributed by atoms with Crippen LogP contribution >= 0.6 is 0 Å². The average molecular weight is 215 g/mol. The molecule has 0 amide bonds. The summed E-state index contributed by atoms with van der Waals surface area (Å²) in [5.41, 5.74) is 0.872. The molecule has 1 heterocycles. The van der Waals surface area contributed by atoms with Gasteiger partial charge in [-0.15, -0.1) is 0 Å². The molecule has 0 atom stereocenters. The Morgan fingerprint density at radius 1 is 1.38 bits per heavy atom. The van der Waals surface area contributed by atoms with E-state index in [0.29, 0.717) is 5.56 Å². The highest BCUT2D eigenvalue weighted by molar-refractivity contribution is 5.89. The molecule has 82 valence electrons. The summed E-state index contributed by atoms with van der Waals surface area (Å²) in [6.45, 7) is 2.00. The van der Waals surface area contributed by atoms with E-state index in [1.807, 2.05) is 37.3 Å². The number of hydrogen-bond donors (Lipinski definition) is 2. The minimum Gasteiger partial charge on any atom is -0.503 e. The van der Waals surface area contributed by atoms with Gasteiger partial charge in [0.25, 0.3) is 5.56 Å². The molecule has 0 spiro atoms. The van der Waals surface area contributed by atoms with Crippen molar-refractivity contribution in [2.75, 3.05) is 0 Å². The van der Waals surface area contributed by atoms with E-state index in [1.165, 1.54) is 0 Å². The maximum absolute atomic E-state index is 11.5. The van der Waals surface area contributed by atoms with Crippen molar-refractivity contribution >= 4 is 17.0 Å². The van der Waals surface area contributed by atoms with Crippen LogP contribution in [-0.2, 0) is 0 Å². The summed E-state index contributed by atoms with van der Waals surface area (Å²) in [4.78, 5) is 14.1. The van der Waals surface area contributed by atoms with Gasteiger partial charge in [-0.25, -0.2) is 0 Å². The second-order valence-electron chi connectivity index (χ2n) is 3.57. The zero-order valence-corrected chi connectivity index (χ0v) is 9.03. The van der Waals surface area contributed by atoms with E-state index in [-0.39, 0.29) is 5.75 Å². The second kappa shape index (κ2) is 4.23. The minimum absolute atomic E-state index is 0.219. The van der Waals surface area contributed by atoms with Crippen LogP contribution in [0.1, 0.15) is 18.9 Å². The molecule has 0 aliphatic heterocycles. The fourth-order valence-electron chi connectivity index (χ4n) is 1.66. The third-order valence-corrected chi connectivity index (χ3v) is 2.46. The number of fused-ring (bicyclic) bond motifs is 1. The van der Waals surface area contributed by atoms with Crippen LogP contribution in [0.15, 0.2) is 35.1 Å². The Labute approximate surface area is 93.1 Å². The van der Waals surface area contributed by atoms with Crippen molar-refractivity contribution in [3.63, 3.8) is 0 Å². The summed E-state index contributed by atoms with van der Waals surface area (Å²) in [5.74, 6) is -0.219. The van der Waals surface area contributed by atoms with Crippen LogP contribution in [0.4, 0.5) is 0 Å². The van der Waals surface area contributed by atoms with Crippen molar-refractivity contribution < 1.29 is 5.11 Å². The molecule has 2 rings (SSSR count). The Hall–Kier alpha value is -2.03. The molecule has 0 bridgehead atoms. The highest BCUT2D eigenvalue weighted by atomic mass is 16.3. The summed E-state index contributed by atoms with van der Waals surface area (Å²) in [5, 5.41) is 10.6. The first-order chi connectivity index (χ1) is 7.74. The van der Waals surface area contributed by atoms with E-state index in [9.17, 15) is 9.90 Å². The van der Waals surface area contributed by atoms with Gasteiger partial charge >= 0.3 is 0 Å². The van der Waals surface area contributed by atoms with E-state index in [1.54, 1.807) is 6.08 Å². The van der Waals surface area contributed by atoms with Gasteiger partial charge in [-0.05, 0) is 12.5 Å². The lowest BCUT2D eigenvalue weighted by atomic mass is 10.1. The first kappa shape index (κ1) is 10.5. The molecule has 0 unspecified atom stereocenters. The van der Waals surface area contributed by atoms with Crippen LogP contribution < -0.4 is 5.56 Å². The number of nitrogens with one attached hydrogen (secondary N) is 1. The predicted molar refractivity (Wildman–Crippen MR) is 65.6 cm³/mol. The highest BCUT2D eigenvalue weighted by Crippen LogP contribution is 2.23. The number of hydrogen-bond acceptors (Lipinski definition) is 2. The van der Waals surface area contributed by atoms with Crippen LogP contribution in [-0.4, -0.2) is 10.1 Å². The van der Waals surface area contributed by atoms with Gasteiger partial charge in [0, 0.05) is 16.5 Å². The highest BCUT2D eigenvalue weighted by Gasteiger charge is 2.07. The molecule has 3 nitrogen and oxygen atoms in total. The van der Waals surface area contributed by atoms with Gasteiger partial charge in [0.05, 0.1) is 0 Å². The van der Waals surface area contributed by atoms with Gasteiger partial charge in [-0.2, -0.15) is 0 Å². The molecule has 16 heavy (non-hydrogen) atoms. The third-order valence-electron chi connectivity index (χ3n) is 2.46. The van der Waals surface area contributed by atoms with Crippen molar-refractivity contribution in [2.45, 2.75) is 13.3 Å². The van der Waals surface area contributed by atoms with E-state index < -0.39 is 5.56 Å². The second-order valence-corrected chi connectivity index (χ2v) is 3.57. The number of benzene rings is 1. The number of H-pyrrole nitrogens is 1. The summed E-state index contributed by atoms with van der Waals surface area (Å²) >= 11 is 0. The summed E-state index contributed by atoms with van der Waals surface area (Å²) in [7, 11) is 0. The van der Waals surface area contributed by atoms with Crippen LogP contribution in [0.2, 0.25) is 0 Å². The first-order valence-electron chi connectivity index (χ1n) is 5.24. The Kier molecular flexibility index (Phi) is 2.77. The Bertz CT molecular complexity index is 596. The van der Waals surface area contributed by atoms with E-state index >= 15 is 0 Å². The van der Waals surface area contributed by atoms with Gasteiger partial charge in [-0.1, -0.05) is 37.3 Å². The van der Waals surface area contributed by atoms with Crippen LogP contribution in [0, 0.1) is 0 Å². The molecule has 0 saturated carbocycles. The number of aromatic hydroxyl groups is 1. The van der Waals surface area contributed by atoms with Gasteiger partial charge in [0.2, 0.25) is 0 Å². The largest absolute Gasteiger partial charge is 0.503 e. The van der Waals surface area contributed by atoms with Crippen LogP contribution in [0.25, 0.3) is 17.0 Å². The number of aromatic amines is 1. The van der Waals surface area contributed by atoms with E-state index in [4.69, 9.17) is 0 Å². The van der Waals surface area contributed by atoms with Crippen molar-refractivity contribution in [1.82, 2.24) is 4.98 Å². The lowest BCUT2D eigenvalue weighted by Gasteiger charge is -2.04. The molecule has 0 radical (unpaired) electrons. The lowest BCUT2D eigenvalue weighted by molar-refractivity contribution is 0.466. The monoisotopic (exact) mass is 215 g/mol. The number of allylic oxidation sites excluding steroid dienone is 1. The summed E-state index contributed by atoms with van der Waals surface area (Å²) in [6, 6.07) is 7.42. The van der Waals surface area contributed by atoms with E-state index in [2.05, 4.69) is 4.98 Å². The summed E-state index contributed by atoms with van der Waals surface area (Å²) in [6.07, 6.45) is 4.56. The fourth-order valence-corrected chi connectivity index (χ4v) is 1.66. The predicted octanol–water partition coefficient (Wildman–Crippen LogP) is 2.66. The molecular weight excluding hydrogens is 202 g/mol. The molecule has 1 aromatic carbocycles. The Balaban J connectivity index is 2.81. The number of pyridine rings is 1. The van der Waals surface area contributed by atoms with Gasteiger partial charge < -0.3 is 10.1 Å². The summed E-state index contributed by atoms with van der Waals surface area (Å²) < 4.78 is 0. The Morgan fingerprint density at radius 3 is 2.88 bits per heavy atom. The maximum atomic E-state index is 11.5. The van der Waals surface area contributed by atoms with E-state index in [0.717, 1.165) is 17.3 Å². The number of aromatic nitrogens is 1. The fraction of sp³-hybridized carbons (Fsp3) is 0.154. The molecule has 2 N–H and O–H groups in total. The van der Waals surface area contributed by atoms with Gasteiger partial charge in [0.1, 0.15) is 0 Å². The van der Waals surface area contributed by atoms with Crippen LogP contribution in [0.3, 0.4) is 0 Å². The molecule has 0 saturated heterocycles. The van der Waals surface area contributed by atoms with Gasteiger partial charge in [-0.3, -0.25) is 4.79 Å².